The van der Waals surface area contributed by atoms with Gasteiger partial charge in [-0.05, 0) is 19.8 Å². The summed E-state index contributed by atoms with van der Waals surface area (Å²) in [5, 5.41) is 11.8. The molecule has 2 atom stereocenters. The average Bonchev–Trinajstić information content (AvgIpc) is 2.42. The maximum absolute atomic E-state index is 12.2. The Kier molecular flexibility index (Phi) is 8.94. The summed E-state index contributed by atoms with van der Waals surface area (Å²) in [7, 11) is 0. The van der Waals surface area contributed by atoms with Crippen LogP contribution in [0, 0.1) is 5.92 Å². The van der Waals surface area contributed by atoms with E-state index in [4.69, 9.17) is 9.47 Å². The van der Waals surface area contributed by atoms with Gasteiger partial charge < -0.3 is 24.1 Å². The molecule has 25 heavy (non-hydrogen) atoms. The summed E-state index contributed by atoms with van der Waals surface area (Å²) in [6.07, 6.45) is -3.47. The van der Waals surface area contributed by atoms with Gasteiger partial charge in [0.25, 0.3) is 0 Å². The lowest BCUT2D eigenvalue weighted by molar-refractivity contribution is -0.261. The number of esters is 2. The van der Waals surface area contributed by atoms with Crippen LogP contribution < -0.4 is 5.11 Å². The largest absolute Gasteiger partial charge is 0.595 e. The summed E-state index contributed by atoms with van der Waals surface area (Å²) in [5.74, 6) is -2.38. The Morgan fingerprint density at radius 2 is 1.64 bits per heavy atom. The van der Waals surface area contributed by atoms with Crippen LogP contribution in [0.3, 0.4) is 0 Å². The third kappa shape index (κ3) is 9.53. The molecule has 9 heteroatoms. The molecule has 0 amide bonds. The minimum atomic E-state index is -1.37. The van der Waals surface area contributed by atoms with Crippen LogP contribution in [-0.4, -0.2) is 48.5 Å². The van der Waals surface area contributed by atoms with E-state index in [9.17, 15) is 19.5 Å². The van der Waals surface area contributed by atoms with E-state index in [2.05, 4.69) is 14.5 Å². The molecule has 0 spiro atoms. The predicted molar refractivity (Wildman–Crippen MR) is 85.6 cm³/mol. The first kappa shape index (κ1) is 22.7. The van der Waals surface area contributed by atoms with Crippen LogP contribution in [0.1, 0.15) is 48.5 Å². The van der Waals surface area contributed by atoms with E-state index in [1.807, 2.05) is 0 Å². The van der Waals surface area contributed by atoms with E-state index in [1.54, 1.807) is 41.5 Å². The standard InChI is InChI=1S/C16H27NO8/c1-8-22-15(21)24-12(18)10(4)23-13(19)11(9(2)3)17-14(20)25-16(5,6)7/h9-11H,8H2,1-7H3,(H,17,20)/p-1. The van der Waals surface area contributed by atoms with E-state index < -0.39 is 41.9 Å². The van der Waals surface area contributed by atoms with Crippen molar-refractivity contribution in [3.8, 4) is 0 Å². The van der Waals surface area contributed by atoms with Gasteiger partial charge in [0, 0.05) is 5.60 Å². The predicted octanol–water partition coefficient (Wildman–Crippen LogP) is 1.17. The lowest BCUT2D eigenvalue weighted by Crippen LogP contribution is -2.38. The van der Waals surface area contributed by atoms with Crippen molar-refractivity contribution in [2.24, 2.45) is 10.9 Å². The molecule has 0 aromatic rings. The van der Waals surface area contributed by atoms with Gasteiger partial charge >= 0.3 is 18.1 Å². The molecule has 0 heterocycles. The third-order valence-electron chi connectivity index (χ3n) is 2.58. The normalized spacial score (nSPS) is 14.5. The Bertz CT molecular complexity index is 507. The van der Waals surface area contributed by atoms with E-state index in [0.717, 1.165) is 0 Å². The highest BCUT2D eigenvalue weighted by Crippen LogP contribution is 2.13. The fraction of sp³-hybridized carbons (Fsp3) is 0.750. The van der Waals surface area contributed by atoms with Crippen molar-refractivity contribution >= 4 is 24.2 Å². The molecule has 0 fully saturated rings. The molecule has 0 aromatic carbocycles. The molecule has 0 rings (SSSR count). The Labute approximate surface area is 147 Å². The summed E-state index contributed by atoms with van der Waals surface area (Å²) in [5.41, 5.74) is -0.761. The first-order chi connectivity index (χ1) is 11.4. The molecular weight excluding hydrogens is 334 g/mol. The number of rotatable bonds is 6. The number of hydrogen-bond acceptors (Lipinski definition) is 9. The molecule has 0 radical (unpaired) electrons. The first-order valence-corrected chi connectivity index (χ1v) is 7.90. The summed E-state index contributed by atoms with van der Waals surface area (Å²) in [6.45, 7) is 11.1. The third-order valence-corrected chi connectivity index (χ3v) is 2.58. The zero-order valence-electron chi connectivity index (χ0n) is 15.7. The molecular formula is C16H26NO8-. The van der Waals surface area contributed by atoms with Gasteiger partial charge in [-0.2, -0.15) is 0 Å². The second-order valence-corrected chi connectivity index (χ2v) is 6.48. The Morgan fingerprint density at radius 3 is 2.08 bits per heavy atom. The number of aliphatic imine (C=N–C) groups is 1. The Balaban J connectivity index is 4.92. The maximum atomic E-state index is 12.2. The van der Waals surface area contributed by atoms with Gasteiger partial charge in [0.05, 0.1) is 6.61 Å². The van der Waals surface area contributed by atoms with E-state index >= 15 is 0 Å². The Morgan fingerprint density at radius 1 is 1.08 bits per heavy atom. The second kappa shape index (κ2) is 9.85. The fourth-order valence-corrected chi connectivity index (χ4v) is 1.48. The minimum Gasteiger partial charge on any atom is -0.595 e. The molecule has 0 saturated heterocycles. The van der Waals surface area contributed by atoms with E-state index in [-0.39, 0.29) is 12.5 Å². The van der Waals surface area contributed by atoms with Crippen molar-refractivity contribution in [2.75, 3.05) is 6.61 Å². The van der Waals surface area contributed by atoms with Crippen molar-refractivity contribution < 1.29 is 38.4 Å². The smallest absolute Gasteiger partial charge is 0.516 e. The van der Waals surface area contributed by atoms with Crippen LogP contribution in [0.25, 0.3) is 0 Å². The van der Waals surface area contributed by atoms with Crippen molar-refractivity contribution in [2.45, 2.75) is 66.2 Å². The van der Waals surface area contributed by atoms with Gasteiger partial charge in [-0.3, -0.25) is 4.99 Å². The molecule has 0 bridgehead atoms. The van der Waals surface area contributed by atoms with Crippen LogP contribution in [0.2, 0.25) is 0 Å². The molecule has 0 N–H and O–H groups in total. The van der Waals surface area contributed by atoms with Crippen LogP contribution in [0.15, 0.2) is 4.99 Å². The molecule has 0 aliphatic rings. The summed E-state index contributed by atoms with van der Waals surface area (Å²) in [6, 6.07) is -1.16. The minimum absolute atomic E-state index is 0.0322. The topological polar surface area (TPSA) is 124 Å². The lowest BCUT2D eigenvalue weighted by Gasteiger charge is -2.30. The Hall–Kier alpha value is -2.32. The molecule has 0 aromatic heterocycles. The molecule has 2 unspecified atom stereocenters. The molecule has 0 saturated carbocycles. The lowest BCUT2D eigenvalue weighted by atomic mass is 10.1. The van der Waals surface area contributed by atoms with Crippen molar-refractivity contribution in [3.63, 3.8) is 0 Å². The summed E-state index contributed by atoms with van der Waals surface area (Å²) >= 11 is 0. The van der Waals surface area contributed by atoms with Crippen molar-refractivity contribution in [3.05, 3.63) is 0 Å². The maximum Gasteiger partial charge on any atom is 0.516 e. The quantitative estimate of drug-likeness (QED) is 0.299. The number of nitrogens with zero attached hydrogens (tertiary/aromatic N) is 1. The number of ether oxygens (including phenoxy) is 4. The first-order valence-electron chi connectivity index (χ1n) is 7.90. The van der Waals surface area contributed by atoms with Crippen LogP contribution in [0.4, 0.5) is 4.79 Å². The fourth-order valence-electron chi connectivity index (χ4n) is 1.48. The highest BCUT2D eigenvalue weighted by molar-refractivity contribution is 5.87. The van der Waals surface area contributed by atoms with Crippen LogP contribution in [0.5, 0.6) is 0 Å². The number of carbonyl (C=O) groups is 3. The van der Waals surface area contributed by atoms with Gasteiger partial charge in [-0.25, -0.2) is 14.4 Å². The summed E-state index contributed by atoms with van der Waals surface area (Å²) in [4.78, 5) is 38.6. The summed E-state index contributed by atoms with van der Waals surface area (Å²) < 4.78 is 18.7. The zero-order valence-corrected chi connectivity index (χ0v) is 15.7. The highest BCUT2D eigenvalue weighted by atomic mass is 16.7. The van der Waals surface area contributed by atoms with Gasteiger partial charge in [0.1, 0.15) is 6.08 Å². The second-order valence-electron chi connectivity index (χ2n) is 6.48. The van der Waals surface area contributed by atoms with E-state index in [1.165, 1.54) is 6.92 Å². The zero-order chi connectivity index (χ0) is 19.8. The monoisotopic (exact) mass is 360 g/mol. The highest BCUT2D eigenvalue weighted by Gasteiger charge is 2.29. The molecule has 0 aliphatic heterocycles. The SMILES string of the molecule is CCOC(=O)OC(=O)C(C)OC(=O)C(N=C([O-])OC(C)(C)C)C(C)C. The van der Waals surface area contributed by atoms with Crippen molar-refractivity contribution in [1.82, 2.24) is 0 Å². The number of hydrogen-bond donors (Lipinski definition) is 0. The molecule has 9 nitrogen and oxygen atoms in total. The average molecular weight is 360 g/mol. The van der Waals surface area contributed by atoms with Crippen molar-refractivity contribution in [1.29, 1.82) is 0 Å². The van der Waals surface area contributed by atoms with Gasteiger partial charge in [-0.15, -0.1) is 0 Å². The van der Waals surface area contributed by atoms with Gasteiger partial charge in [0.2, 0.25) is 0 Å². The molecule has 144 valence electrons. The van der Waals surface area contributed by atoms with Crippen LogP contribution >= 0.6 is 0 Å². The van der Waals surface area contributed by atoms with Gasteiger partial charge in [0.15, 0.2) is 12.1 Å². The van der Waals surface area contributed by atoms with E-state index in [0.29, 0.717) is 0 Å². The van der Waals surface area contributed by atoms with Gasteiger partial charge in [-0.1, -0.05) is 34.6 Å². The van der Waals surface area contributed by atoms with Crippen LogP contribution in [-0.2, 0) is 28.5 Å². The number of carbonyl (C=O) groups excluding carboxylic acids is 3. The molecule has 0 aliphatic carbocycles.